The molecule has 0 bridgehead atoms. The SMILES string of the molecule is C.C.Cc1ccc(-c2cc(F)c(N=C=S)c(F)c2)cc1. The molecule has 0 amide bonds. The lowest BCUT2D eigenvalue weighted by molar-refractivity contribution is 0.588. The summed E-state index contributed by atoms with van der Waals surface area (Å²) >= 11 is 4.34. The van der Waals surface area contributed by atoms with Gasteiger partial charge in [0.1, 0.15) is 5.69 Å². The number of nitrogens with zero attached hydrogens (tertiary/aromatic N) is 1. The van der Waals surface area contributed by atoms with Crippen molar-refractivity contribution in [1.82, 2.24) is 0 Å². The van der Waals surface area contributed by atoms with Gasteiger partial charge in [0.15, 0.2) is 11.6 Å². The molecule has 0 unspecified atom stereocenters. The second-order valence-corrected chi connectivity index (χ2v) is 4.04. The molecule has 2 aromatic rings. The molecule has 0 N–H and O–H groups in total. The number of halogens is 2. The molecule has 0 spiro atoms. The number of benzene rings is 2. The molecule has 0 aliphatic carbocycles. The maximum Gasteiger partial charge on any atom is 0.153 e. The van der Waals surface area contributed by atoms with Crippen molar-refractivity contribution >= 4 is 23.1 Å². The van der Waals surface area contributed by atoms with E-state index in [1.807, 2.05) is 36.4 Å². The number of aliphatic imine (C=N–C) groups is 1. The molecule has 0 saturated heterocycles. The van der Waals surface area contributed by atoms with Gasteiger partial charge < -0.3 is 0 Å². The Labute approximate surface area is 124 Å². The van der Waals surface area contributed by atoms with E-state index in [4.69, 9.17) is 0 Å². The minimum absolute atomic E-state index is 0. The first-order chi connectivity index (χ1) is 8.61. The predicted octanol–water partition coefficient (Wildman–Crippen LogP) is 5.95. The zero-order valence-electron chi connectivity index (χ0n) is 9.58. The maximum absolute atomic E-state index is 13.6. The molecule has 4 heteroatoms. The van der Waals surface area contributed by atoms with Gasteiger partial charge in [-0.3, -0.25) is 0 Å². The first-order valence-electron chi connectivity index (χ1n) is 5.26. The third-order valence-electron chi connectivity index (χ3n) is 2.56. The smallest absolute Gasteiger partial charge is 0.153 e. The Morgan fingerprint density at radius 1 is 0.950 bits per heavy atom. The summed E-state index contributed by atoms with van der Waals surface area (Å²) in [5, 5.41) is 1.96. The van der Waals surface area contributed by atoms with Crippen molar-refractivity contribution in [3.05, 3.63) is 53.6 Å². The third kappa shape index (κ3) is 3.80. The highest BCUT2D eigenvalue weighted by molar-refractivity contribution is 7.78. The maximum atomic E-state index is 13.6. The molecular weight excluding hydrogens is 276 g/mol. The second-order valence-electron chi connectivity index (χ2n) is 3.86. The zero-order chi connectivity index (χ0) is 13.1. The molecule has 2 aromatic carbocycles. The molecule has 20 heavy (non-hydrogen) atoms. The highest BCUT2D eigenvalue weighted by Crippen LogP contribution is 2.29. The Hall–Kier alpha value is -1.90. The first kappa shape index (κ1) is 18.1. The van der Waals surface area contributed by atoms with Gasteiger partial charge in [-0.05, 0) is 42.4 Å². The zero-order valence-corrected chi connectivity index (χ0v) is 10.4. The minimum atomic E-state index is -0.747. The summed E-state index contributed by atoms with van der Waals surface area (Å²) in [5.41, 5.74) is 1.90. The standard InChI is InChI=1S/C14H9F2NS.2CH4/c1-9-2-4-10(5-3-9)11-6-12(15)14(17-8-18)13(16)7-11;;/h2-7H,1H3;2*1H4. The van der Waals surface area contributed by atoms with E-state index in [1.54, 1.807) is 0 Å². The van der Waals surface area contributed by atoms with Gasteiger partial charge in [0.25, 0.3) is 0 Å². The summed E-state index contributed by atoms with van der Waals surface area (Å²) in [6.07, 6.45) is 0. The van der Waals surface area contributed by atoms with E-state index in [1.165, 1.54) is 12.1 Å². The van der Waals surface area contributed by atoms with Crippen LogP contribution in [0, 0.1) is 18.6 Å². The normalized spacial score (nSPS) is 8.95. The highest BCUT2D eigenvalue weighted by atomic mass is 32.1. The van der Waals surface area contributed by atoms with Gasteiger partial charge >= 0.3 is 0 Å². The van der Waals surface area contributed by atoms with Gasteiger partial charge in [0, 0.05) is 0 Å². The molecule has 1 nitrogen and oxygen atoms in total. The number of aryl methyl sites for hydroxylation is 1. The van der Waals surface area contributed by atoms with E-state index in [0.717, 1.165) is 11.1 Å². The van der Waals surface area contributed by atoms with Gasteiger partial charge in [0.05, 0.1) is 5.16 Å². The topological polar surface area (TPSA) is 12.4 Å². The molecule has 0 aliphatic heterocycles. The van der Waals surface area contributed by atoms with E-state index in [2.05, 4.69) is 17.2 Å². The Morgan fingerprint density at radius 3 is 1.90 bits per heavy atom. The molecule has 0 aromatic heterocycles. The van der Waals surface area contributed by atoms with Crippen LogP contribution in [0.5, 0.6) is 0 Å². The lowest BCUT2D eigenvalue weighted by Gasteiger charge is -2.05. The fraction of sp³-hybridized carbons (Fsp3) is 0.188. The Kier molecular flexibility index (Phi) is 6.91. The molecule has 2 rings (SSSR count). The quantitative estimate of drug-likeness (QED) is 0.492. The van der Waals surface area contributed by atoms with E-state index in [9.17, 15) is 8.78 Å². The Bertz CT molecular complexity index is 606. The van der Waals surface area contributed by atoms with Gasteiger partial charge in [-0.15, -0.1) is 0 Å². The lowest BCUT2D eigenvalue weighted by atomic mass is 10.0. The van der Waals surface area contributed by atoms with Gasteiger partial charge in [-0.2, -0.15) is 4.99 Å². The fourth-order valence-corrected chi connectivity index (χ4v) is 1.72. The first-order valence-corrected chi connectivity index (χ1v) is 5.66. The largest absolute Gasteiger partial charge is 0.204 e. The summed E-state index contributed by atoms with van der Waals surface area (Å²) < 4.78 is 27.3. The average molecular weight is 293 g/mol. The Morgan fingerprint density at radius 2 is 1.45 bits per heavy atom. The molecule has 0 aliphatic rings. The van der Waals surface area contributed by atoms with Crippen LogP contribution in [0.25, 0.3) is 11.1 Å². The van der Waals surface area contributed by atoms with Crippen molar-refractivity contribution in [1.29, 1.82) is 0 Å². The van der Waals surface area contributed by atoms with Gasteiger partial charge in [0.2, 0.25) is 0 Å². The summed E-state index contributed by atoms with van der Waals surface area (Å²) in [5.74, 6) is -1.49. The van der Waals surface area contributed by atoms with Crippen LogP contribution in [0.2, 0.25) is 0 Å². The van der Waals surface area contributed by atoms with Crippen LogP contribution >= 0.6 is 12.2 Å². The van der Waals surface area contributed by atoms with E-state index in [-0.39, 0.29) is 14.9 Å². The Balaban J connectivity index is 0.00000180. The number of hydrogen-bond acceptors (Lipinski definition) is 2. The molecular formula is C16H17F2NS. The molecule has 0 heterocycles. The summed E-state index contributed by atoms with van der Waals surface area (Å²) in [7, 11) is 0. The minimum Gasteiger partial charge on any atom is -0.204 e. The van der Waals surface area contributed by atoms with Crippen LogP contribution in [0.1, 0.15) is 20.4 Å². The average Bonchev–Trinajstić information content (AvgIpc) is 2.34. The van der Waals surface area contributed by atoms with Crippen molar-refractivity contribution < 1.29 is 8.78 Å². The second kappa shape index (κ2) is 7.63. The number of thiocarbonyl (C=S) groups is 1. The molecule has 0 atom stereocenters. The summed E-state index contributed by atoms with van der Waals surface area (Å²) in [4.78, 5) is 3.37. The lowest BCUT2D eigenvalue weighted by Crippen LogP contribution is -1.87. The van der Waals surface area contributed by atoms with Crippen molar-refractivity contribution in [3.63, 3.8) is 0 Å². The van der Waals surface area contributed by atoms with Crippen LogP contribution < -0.4 is 0 Å². The van der Waals surface area contributed by atoms with E-state index in [0.29, 0.717) is 5.56 Å². The van der Waals surface area contributed by atoms with Crippen molar-refractivity contribution in [2.75, 3.05) is 0 Å². The number of isothiocyanates is 1. The summed E-state index contributed by atoms with van der Waals surface area (Å²) in [6, 6.07) is 9.86. The number of hydrogen-bond donors (Lipinski definition) is 0. The monoisotopic (exact) mass is 293 g/mol. The van der Waals surface area contributed by atoms with Crippen molar-refractivity contribution in [3.8, 4) is 11.1 Å². The van der Waals surface area contributed by atoms with Crippen molar-refractivity contribution in [2.45, 2.75) is 21.8 Å². The predicted molar refractivity (Wildman–Crippen MR) is 84.7 cm³/mol. The van der Waals surface area contributed by atoms with Gasteiger partial charge in [-0.1, -0.05) is 44.7 Å². The highest BCUT2D eigenvalue weighted by Gasteiger charge is 2.11. The molecule has 0 saturated carbocycles. The van der Waals surface area contributed by atoms with Crippen LogP contribution in [-0.4, -0.2) is 5.16 Å². The molecule has 106 valence electrons. The van der Waals surface area contributed by atoms with E-state index >= 15 is 0 Å². The van der Waals surface area contributed by atoms with Crippen LogP contribution in [0.4, 0.5) is 14.5 Å². The van der Waals surface area contributed by atoms with E-state index < -0.39 is 17.3 Å². The van der Waals surface area contributed by atoms with Crippen LogP contribution in [0.3, 0.4) is 0 Å². The van der Waals surface area contributed by atoms with Crippen LogP contribution in [-0.2, 0) is 0 Å². The number of rotatable bonds is 2. The third-order valence-corrected chi connectivity index (χ3v) is 2.65. The summed E-state index contributed by atoms with van der Waals surface area (Å²) in [6.45, 7) is 1.95. The van der Waals surface area contributed by atoms with Gasteiger partial charge in [-0.25, -0.2) is 8.78 Å². The molecule has 0 fully saturated rings. The fourth-order valence-electron chi connectivity index (χ4n) is 1.63. The van der Waals surface area contributed by atoms with Crippen molar-refractivity contribution in [2.24, 2.45) is 4.99 Å². The molecule has 0 radical (unpaired) electrons. The van der Waals surface area contributed by atoms with Crippen LogP contribution in [0.15, 0.2) is 41.4 Å².